The summed E-state index contributed by atoms with van der Waals surface area (Å²) in [5, 5.41) is 5.12. The molecule has 66 heavy (non-hydrogen) atoms. The van der Waals surface area contributed by atoms with Gasteiger partial charge in [-0.2, -0.15) is 0 Å². The molecule has 0 N–H and O–H groups in total. The Morgan fingerprint density at radius 1 is 0.485 bits per heavy atom. The monoisotopic (exact) mass is 847 g/mol. The number of hydrogen-bond acceptors (Lipinski definition) is 1. The number of fused-ring (bicyclic) bond motifs is 7. The molecule has 12 rings (SSSR count). The zero-order chi connectivity index (χ0) is 44.5. The predicted molar refractivity (Wildman–Crippen MR) is 282 cm³/mol. The molecule has 0 amide bonds. The Balaban J connectivity index is 0.926. The van der Waals surface area contributed by atoms with Crippen molar-refractivity contribution in [3.05, 3.63) is 240 Å². The number of anilines is 2. The number of nitrogens with zero attached hydrogens (tertiary/aromatic N) is 1. The lowest BCUT2D eigenvalue weighted by Crippen LogP contribution is -2.35. The van der Waals surface area contributed by atoms with Crippen molar-refractivity contribution in [3.8, 4) is 44.5 Å². The maximum absolute atomic E-state index is 2.57. The summed E-state index contributed by atoms with van der Waals surface area (Å²) < 4.78 is 0. The van der Waals surface area contributed by atoms with E-state index in [1.807, 2.05) is 0 Å². The summed E-state index contributed by atoms with van der Waals surface area (Å²) in [6.45, 7) is 9.48. The molecule has 0 aromatic heterocycles. The quantitative estimate of drug-likeness (QED) is 0.144. The van der Waals surface area contributed by atoms with Crippen LogP contribution in [0, 0.1) is 5.92 Å². The van der Waals surface area contributed by atoms with Gasteiger partial charge >= 0.3 is 0 Å². The molecule has 318 valence electrons. The van der Waals surface area contributed by atoms with E-state index >= 15 is 0 Å². The second kappa shape index (κ2) is 15.9. The van der Waals surface area contributed by atoms with E-state index in [9.17, 15) is 0 Å². The predicted octanol–water partition coefficient (Wildman–Crippen LogP) is 17.6. The summed E-state index contributed by atoms with van der Waals surface area (Å²) >= 11 is 0. The first-order valence-corrected chi connectivity index (χ1v) is 23.8. The SMILES string of the molecule is CC1CC=Cc2ccc(-c3ccc(-c4ccc(N(c5ccc(-c6cccc7c6ccc6ccccc67)cc5)C5C=C(c6cccc7c6C(C)(C)c6ccccc6-7)C=CC5C)cc4)cc3)cc21. The highest BCUT2D eigenvalue weighted by Gasteiger charge is 2.38. The highest BCUT2D eigenvalue weighted by molar-refractivity contribution is 6.12. The van der Waals surface area contributed by atoms with Gasteiger partial charge in [0.2, 0.25) is 0 Å². The van der Waals surface area contributed by atoms with E-state index in [0.29, 0.717) is 5.92 Å². The van der Waals surface area contributed by atoms with Crippen LogP contribution >= 0.6 is 0 Å². The first-order valence-electron chi connectivity index (χ1n) is 23.8. The largest absolute Gasteiger partial charge is 0.334 e. The lowest BCUT2D eigenvalue weighted by atomic mass is 9.77. The Kier molecular flexibility index (Phi) is 9.65. The molecule has 0 saturated heterocycles. The molecule has 3 atom stereocenters. The van der Waals surface area contributed by atoms with Crippen LogP contribution < -0.4 is 4.90 Å². The van der Waals surface area contributed by atoms with Crippen LogP contribution in [-0.2, 0) is 5.41 Å². The molecule has 0 bridgehead atoms. The molecular weight excluding hydrogens is 795 g/mol. The smallest absolute Gasteiger partial charge is 0.0591 e. The van der Waals surface area contributed by atoms with Crippen LogP contribution in [0.2, 0.25) is 0 Å². The highest BCUT2D eigenvalue weighted by Crippen LogP contribution is 2.52. The standard InChI is InChI=1S/C65H53N/c1-42-12-9-14-48-28-29-50(40-61(42)48)46-26-24-44(25-27-46)45-30-35-52(36-31-45)66(53-37-32-49(33-38-53)55-17-10-19-57-54-15-6-5-13-47(54)34-39-58(55)57)63-41-51(23-22-43(63)2)56-18-11-20-60-59-16-7-8-21-62(59)65(3,4)64(56)60/h5-11,13-43,63H,12H2,1-4H3. The normalized spacial score (nSPS) is 17.9. The molecule has 0 saturated carbocycles. The Bertz CT molecular complexity index is 3430. The second-order valence-electron chi connectivity index (χ2n) is 19.3. The molecule has 3 aliphatic carbocycles. The van der Waals surface area contributed by atoms with E-state index in [1.165, 1.54) is 111 Å². The summed E-state index contributed by atoms with van der Waals surface area (Å²) in [7, 11) is 0. The molecule has 0 heterocycles. The van der Waals surface area contributed by atoms with Gasteiger partial charge in [0, 0.05) is 16.8 Å². The average Bonchev–Trinajstić information content (AvgIpc) is 3.60. The molecule has 1 nitrogen and oxygen atoms in total. The molecule has 0 radical (unpaired) electrons. The van der Waals surface area contributed by atoms with Gasteiger partial charge in [0.15, 0.2) is 0 Å². The van der Waals surface area contributed by atoms with Crippen molar-refractivity contribution in [1.29, 1.82) is 0 Å². The minimum atomic E-state index is -0.107. The Morgan fingerprint density at radius 3 is 1.88 bits per heavy atom. The molecule has 1 heteroatoms. The molecule has 0 spiro atoms. The van der Waals surface area contributed by atoms with Crippen LogP contribution in [-0.4, -0.2) is 6.04 Å². The summed E-state index contributed by atoms with van der Waals surface area (Å²) in [6, 6.07) is 70.5. The van der Waals surface area contributed by atoms with Gasteiger partial charge in [0.1, 0.15) is 0 Å². The zero-order valence-corrected chi connectivity index (χ0v) is 38.2. The van der Waals surface area contributed by atoms with E-state index in [-0.39, 0.29) is 17.4 Å². The van der Waals surface area contributed by atoms with E-state index < -0.39 is 0 Å². The van der Waals surface area contributed by atoms with Gasteiger partial charge in [-0.15, -0.1) is 0 Å². The molecule has 3 unspecified atom stereocenters. The maximum Gasteiger partial charge on any atom is 0.0591 e. The first-order chi connectivity index (χ1) is 32.3. The fourth-order valence-electron chi connectivity index (χ4n) is 11.5. The lowest BCUT2D eigenvalue weighted by Gasteiger charge is -2.37. The van der Waals surface area contributed by atoms with Crippen LogP contribution in [0.5, 0.6) is 0 Å². The van der Waals surface area contributed by atoms with Gasteiger partial charge in [0.05, 0.1) is 6.04 Å². The average molecular weight is 848 g/mol. The molecular formula is C65H53N. The lowest BCUT2D eigenvalue weighted by molar-refractivity contribution is 0.611. The number of benzene rings is 9. The van der Waals surface area contributed by atoms with E-state index in [2.05, 4.69) is 251 Å². The fraction of sp³-hybridized carbons (Fsp3) is 0.138. The van der Waals surface area contributed by atoms with Crippen LogP contribution in [0.3, 0.4) is 0 Å². The van der Waals surface area contributed by atoms with Gasteiger partial charge < -0.3 is 4.90 Å². The van der Waals surface area contributed by atoms with Gasteiger partial charge in [-0.05, 0) is 142 Å². The van der Waals surface area contributed by atoms with Crippen molar-refractivity contribution in [2.24, 2.45) is 5.92 Å². The second-order valence-corrected chi connectivity index (χ2v) is 19.3. The van der Waals surface area contributed by atoms with Crippen molar-refractivity contribution in [2.75, 3.05) is 4.90 Å². The molecule has 9 aromatic carbocycles. The van der Waals surface area contributed by atoms with Crippen LogP contribution in [0.15, 0.2) is 212 Å². The van der Waals surface area contributed by atoms with E-state index in [4.69, 9.17) is 0 Å². The van der Waals surface area contributed by atoms with Crippen molar-refractivity contribution >= 4 is 44.6 Å². The summed E-state index contributed by atoms with van der Waals surface area (Å²) in [6.07, 6.45) is 13.0. The maximum atomic E-state index is 2.57. The summed E-state index contributed by atoms with van der Waals surface area (Å²) in [5.41, 5.74) is 20.6. The summed E-state index contributed by atoms with van der Waals surface area (Å²) in [5.74, 6) is 0.806. The van der Waals surface area contributed by atoms with Crippen molar-refractivity contribution in [2.45, 2.75) is 51.5 Å². The van der Waals surface area contributed by atoms with E-state index in [0.717, 1.165) is 6.42 Å². The van der Waals surface area contributed by atoms with Crippen LogP contribution in [0.4, 0.5) is 11.4 Å². The Labute approximate surface area is 389 Å². The Hall–Kier alpha value is -7.48. The van der Waals surface area contributed by atoms with Crippen molar-refractivity contribution in [1.82, 2.24) is 0 Å². The number of allylic oxidation sites excluding steroid dienone is 3. The van der Waals surface area contributed by atoms with Crippen LogP contribution in [0.25, 0.3) is 77.7 Å². The van der Waals surface area contributed by atoms with Crippen LogP contribution in [0.1, 0.15) is 67.9 Å². The molecule has 0 aliphatic heterocycles. The van der Waals surface area contributed by atoms with Crippen molar-refractivity contribution in [3.63, 3.8) is 0 Å². The minimum absolute atomic E-state index is 0.0717. The topological polar surface area (TPSA) is 3.24 Å². The Morgan fingerprint density at radius 2 is 1.09 bits per heavy atom. The minimum Gasteiger partial charge on any atom is -0.334 e. The zero-order valence-electron chi connectivity index (χ0n) is 38.2. The summed E-state index contributed by atoms with van der Waals surface area (Å²) in [4.78, 5) is 2.57. The third-order valence-electron chi connectivity index (χ3n) is 15.0. The highest BCUT2D eigenvalue weighted by atomic mass is 15.2. The number of rotatable bonds is 7. The number of hydrogen-bond donors (Lipinski definition) is 0. The molecule has 3 aliphatic rings. The third kappa shape index (κ3) is 6.68. The van der Waals surface area contributed by atoms with Gasteiger partial charge in [-0.25, -0.2) is 0 Å². The van der Waals surface area contributed by atoms with Gasteiger partial charge in [-0.1, -0.05) is 222 Å². The van der Waals surface area contributed by atoms with Gasteiger partial charge in [0.25, 0.3) is 0 Å². The van der Waals surface area contributed by atoms with E-state index in [1.54, 1.807) is 0 Å². The van der Waals surface area contributed by atoms with Gasteiger partial charge in [-0.3, -0.25) is 0 Å². The molecule has 9 aromatic rings. The molecule has 0 fully saturated rings. The fourth-order valence-corrected chi connectivity index (χ4v) is 11.5. The third-order valence-corrected chi connectivity index (χ3v) is 15.0. The van der Waals surface area contributed by atoms with Crippen molar-refractivity contribution < 1.29 is 0 Å². The first kappa shape index (κ1) is 40.1.